The first-order chi connectivity index (χ1) is 11.5. The highest BCUT2D eigenvalue weighted by Crippen LogP contribution is 2.43. The molecule has 1 fully saturated rings. The number of nitrogens with zero attached hydrogens (tertiary/aromatic N) is 1. The molecule has 0 aliphatic heterocycles. The molecule has 0 unspecified atom stereocenters. The zero-order valence-electron chi connectivity index (χ0n) is 13.0. The van der Waals surface area contributed by atoms with Crippen LogP contribution >= 0.6 is 15.9 Å². The van der Waals surface area contributed by atoms with Gasteiger partial charge in [-0.3, -0.25) is 14.9 Å². The second kappa shape index (κ2) is 6.73. The summed E-state index contributed by atoms with van der Waals surface area (Å²) in [5.41, 5.74) is 1.41. The van der Waals surface area contributed by atoms with Crippen LogP contribution in [0.15, 0.2) is 53.0 Å². The van der Waals surface area contributed by atoms with E-state index in [0.29, 0.717) is 16.6 Å². The predicted octanol–water partition coefficient (Wildman–Crippen LogP) is 4.21. The van der Waals surface area contributed by atoms with Crippen molar-refractivity contribution < 1.29 is 9.72 Å². The molecule has 5 nitrogen and oxygen atoms in total. The van der Waals surface area contributed by atoms with Crippen LogP contribution in [-0.4, -0.2) is 17.4 Å². The molecular weight excluding hydrogens is 372 g/mol. The van der Waals surface area contributed by atoms with Gasteiger partial charge in [0.25, 0.3) is 11.6 Å². The summed E-state index contributed by atoms with van der Waals surface area (Å²) >= 11 is 3.13. The molecule has 0 aromatic heterocycles. The van der Waals surface area contributed by atoms with E-state index in [1.54, 1.807) is 6.07 Å². The fourth-order valence-electron chi connectivity index (χ4n) is 3.11. The van der Waals surface area contributed by atoms with Gasteiger partial charge in [-0.15, -0.1) is 0 Å². The zero-order valence-corrected chi connectivity index (χ0v) is 14.6. The zero-order chi connectivity index (χ0) is 17.2. The van der Waals surface area contributed by atoms with Gasteiger partial charge in [0.1, 0.15) is 0 Å². The van der Waals surface area contributed by atoms with Crippen molar-refractivity contribution in [2.45, 2.75) is 24.7 Å². The lowest BCUT2D eigenvalue weighted by Crippen LogP contribution is -2.45. The molecule has 1 saturated carbocycles. The Morgan fingerprint density at radius 1 is 1.21 bits per heavy atom. The number of carbonyl (C=O) groups excluding carboxylic acids is 1. The Balaban J connectivity index is 1.74. The number of nitro groups is 1. The molecule has 2 aromatic rings. The molecule has 24 heavy (non-hydrogen) atoms. The minimum absolute atomic E-state index is 0.0157. The standard InChI is InChI=1S/C18H17BrN2O3/c19-15-8-7-13(11-16(15)21(23)24)17(22)20-12-18(9-4-10-18)14-5-2-1-3-6-14/h1-3,5-8,11H,4,9-10,12H2,(H,20,22). The first kappa shape index (κ1) is 16.6. The van der Waals surface area contributed by atoms with Crippen molar-refractivity contribution in [1.82, 2.24) is 5.32 Å². The Morgan fingerprint density at radius 2 is 1.92 bits per heavy atom. The number of nitro benzene ring substituents is 1. The van der Waals surface area contributed by atoms with E-state index in [0.717, 1.165) is 19.3 Å². The second-order valence-electron chi connectivity index (χ2n) is 6.11. The Morgan fingerprint density at radius 3 is 2.50 bits per heavy atom. The maximum Gasteiger partial charge on any atom is 0.284 e. The fourth-order valence-corrected chi connectivity index (χ4v) is 3.50. The lowest BCUT2D eigenvalue weighted by Gasteiger charge is -2.42. The van der Waals surface area contributed by atoms with E-state index in [1.807, 2.05) is 18.2 Å². The molecule has 124 valence electrons. The largest absolute Gasteiger partial charge is 0.351 e. The van der Waals surface area contributed by atoms with Crippen molar-refractivity contribution in [3.05, 3.63) is 74.2 Å². The topological polar surface area (TPSA) is 72.2 Å². The first-order valence-electron chi connectivity index (χ1n) is 7.79. The molecule has 0 spiro atoms. The Bertz CT molecular complexity index is 773. The molecule has 0 radical (unpaired) electrons. The minimum Gasteiger partial charge on any atom is -0.351 e. The van der Waals surface area contributed by atoms with Crippen LogP contribution in [0.25, 0.3) is 0 Å². The van der Waals surface area contributed by atoms with Crippen molar-refractivity contribution in [2.75, 3.05) is 6.54 Å². The van der Waals surface area contributed by atoms with Crippen molar-refractivity contribution in [3.63, 3.8) is 0 Å². The highest BCUT2D eigenvalue weighted by atomic mass is 79.9. The van der Waals surface area contributed by atoms with Crippen molar-refractivity contribution in [1.29, 1.82) is 0 Å². The van der Waals surface area contributed by atoms with Gasteiger partial charge in [0.2, 0.25) is 0 Å². The number of halogens is 1. The molecule has 0 saturated heterocycles. The molecule has 1 aliphatic carbocycles. The first-order valence-corrected chi connectivity index (χ1v) is 8.59. The van der Waals surface area contributed by atoms with E-state index in [2.05, 4.69) is 33.4 Å². The summed E-state index contributed by atoms with van der Waals surface area (Å²) in [6.07, 6.45) is 3.23. The van der Waals surface area contributed by atoms with Crippen LogP contribution in [0, 0.1) is 10.1 Å². The second-order valence-corrected chi connectivity index (χ2v) is 6.96. The van der Waals surface area contributed by atoms with E-state index in [1.165, 1.54) is 17.7 Å². The maximum atomic E-state index is 12.4. The molecule has 6 heteroatoms. The lowest BCUT2D eigenvalue weighted by atomic mass is 9.64. The highest BCUT2D eigenvalue weighted by molar-refractivity contribution is 9.10. The monoisotopic (exact) mass is 388 g/mol. The van der Waals surface area contributed by atoms with Gasteiger partial charge in [0, 0.05) is 23.6 Å². The van der Waals surface area contributed by atoms with E-state index in [9.17, 15) is 14.9 Å². The molecule has 1 N–H and O–H groups in total. The lowest BCUT2D eigenvalue weighted by molar-refractivity contribution is -0.385. The molecular formula is C18H17BrN2O3. The molecule has 0 heterocycles. The van der Waals surface area contributed by atoms with Crippen LogP contribution in [0.5, 0.6) is 0 Å². The van der Waals surface area contributed by atoms with Crippen LogP contribution in [-0.2, 0) is 5.41 Å². The average molecular weight is 389 g/mol. The predicted molar refractivity (Wildman–Crippen MR) is 95.1 cm³/mol. The molecule has 0 bridgehead atoms. The normalized spacial score (nSPS) is 15.4. The van der Waals surface area contributed by atoms with Gasteiger partial charge in [-0.25, -0.2) is 0 Å². The number of benzene rings is 2. The van der Waals surface area contributed by atoms with E-state index < -0.39 is 4.92 Å². The van der Waals surface area contributed by atoms with Gasteiger partial charge >= 0.3 is 0 Å². The number of hydrogen-bond acceptors (Lipinski definition) is 3. The van der Waals surface area contributed by atoms with Crippen molar-refractivity contribution in [3.8, 4) is 0 Å². The quantitative estimate of drug-likeness (QED) is 0.615. The van der Waals surface area contributed by atoms with Gasteiger partial charge < -0.3 is 5.32 Å². The molecule has 2 aromatic carbocycles. The number of nitrogens with one attached hydrogen (secondary N) is 1. The van der Waals surface area contributed by atoms with Gasteiger partial charge in [-0.1, -0.05) is 36.8 Å². The van der Waals surface area contributed by atoms with E-state index in [4.69, 9.17) is 0 Å². The van der Waals surface area contributed by atoms with E-state index >= 15 is 0 Å². The number of amides is 1. The SMILES string of the molecule is O=C(NCC1(c2ccccc2)CCC1)c1ccc(Br)c([N+](=O)[O-])c1. The number of carbonyl (C=O) groups is 1. The van der Waals surface area contributed by atoms with Crippen LogP contribution in [0.1, 0.15) is 35.2 Å². The van der Waals surface area contributed by atoms with E-state index in [-0.39, 0.29) is 17.0 Å². The highest BCUT2D eigenvalue weighted by Gasteiger charge is 2.38. The van der Waals surface area contributed by atoms with Crippen LogP contribution in [0.2, 0.25) is 0 Å². The third-order valence-corrected chi connectivity index (χ3v) is 5.36. The Labute approximate surface area is 148 Å². The third-order valence-electron chi connectivity index (χ3n) is 4.69. The smallest absolute Gasteiger partial charge is 0.284 e. The summed E-state index contributed by atoms with van der Waals surface area (Å²) in [4.78, 5) is 22.9. The molecule has 0 atom stereocenters. The fraction of sp³-hybridized carbons (Fsp3) is 0.278. The van der Waals surface area contributed by atoms with Crippen LogP contribution in [0.4, 0.5) is 5.69 Å². The molecule has 3 rings (SSSR count). The molecule has 1 aliphatic rings. The third kappa shape index (κ3) is 3.19. The molecule has 1 amide bonds. The summed E-state index contributed by atoms with van der Waals surface area (Å²) < 4.78 is 0.365. The summed E-state index contributed by atoms with van der Waals surface area (Å²) in [6, 6.07) is 14.6. The average Bonchev–Trinajstić information content (AvgIpc) is 2.55. The summed E-state index contributed by atoms with van der Waals surface area (Å²) in [6.45, 7) is 0.541. The number of hydrogen-bond donors (Lipinski definition) is 1. The number of rotatable bonds is 5. The minimum atomic E-state index is -0.502. The van der Waals surface area contributed by atoms with Crippen LogP contribution < -0.4 is 5.32 Å². The van der Waals surface area contributed by atoms with Gasteiger partial charge in [-0.05, 0) is 46.5 Å². The summed E-state index contributed by atoms with van der Waals surface area (Å²) in [7, 11) is 0. The van der Waals surface area contributed by atoms with Gasteiger partial charge in [0.15, 0.2) is 0 Å². The van der Waals surface area contributed by atoms with Crippen molar-refractivity contribution in [2.24, 2.45) is 0 Å². The van der Waals surface area contributed by atoms with Crippen molar-refractivity contribution >= 4 is 27.5 Å². The van der Waals surface area contributed by atoms with Gasteiger partial charge in [-0.2, -0.15) is 0 Å². The Hall–Kier alpha value is -2.21. The van der Waals surface area contributed by atoms with Gasteiger partial charge in [0.05, 0.1) is 9.40 Å². The Kier molecular flexibility index (Phi) is 4.66. The maximum absolute atomic E-state index is 12.4. The van der Waals surface area contributed by atoms with Crippen LogP contribution in [0.3, 0.4) is 0 Å². The summed E-state index contributed by atoms with van der Waals surface area (Å²) in [5, 5.41) is 13.9. The summed E-state index contributed by atoms with van der Waals surface area (Å²) in [5.74, 6) is -0.284.